The summed E-state index contributed by atoms with van der Waals surface area (Å²) in [5, 5.41) is 6.28. The number of benzene rings is 1. The highest BCUT2D eigenvalue weighted by Gasteiger charge is 2.22. The number of aromatic nitrogens is 1. The van der Waals surface area contributed by atoms with Gasteiger partial charge in [-0.15, -0.1) is 24.0 Å². The van der Waals surface area contributed by atoms with Gasteiger partial charge in [0.05, 0.1) is 6.61 Å². The molecule has 1 aromatic heterocycles. The zero-order valence-electron chi connectivity index (χ0n) is 17.5. The predicted molar refractivity (Wildman–Crippen MR) is 124 cm³/mol. The minimum atomic E-state index is -2.94. The van der Waals surface area contributed by atoms with Crippen LogP contribution < -0.4 is 29.6 Å². The predicted octanol–water partition coefficient (Wildman–Crippen LogP) is 3.68. The fourth-order valence-corrected chi connectivity index (χ4v) is 3.02. The molecule has 0 radical (unpaired) electrons. The van der Waals surface area contributed by atoms with Crippen LogP contribution in [0.25, 0.3) is 0 Å². The fraction of sp³-hybridized carbons (Fsp3) is 0.429. The van der Waals surface area contributed by atoms with Crippen LogP contribution in [0.1, 0.15) is 24.0 Å². The molecule has 0 atom stereocenters. The fourth-order valence-electron chi connectivity index (χ4n) is 3.02. The SMILES string of the molecule is CN=C(NCc1ccnc(OCC2CC2)c1)NCc1cc2c(cc1OC(F)F)OCO2.I. The third-order valence-corrected chi connectivity index (χ3v) is 4.86. The molecule has 2 aliphatic rings. The van der Waals surface area contributed by atoms with E-state index in [1.807, 2.05) is 12.1 Å². The van der Waals surface area contributed by atoms with Crippen LogP contribution in [0.15, 0.2) is 35.5 Å². The second-order valence-electron chi connectivity index (χ2n) is 7.23. The van der Waals surface area contributed by atoms with Crippen molar-refractivity contribution in [2.24, 2.45) is 10.9 Å². The van der Waals surface area contributed by atoms with Crippen LogP contribution >= 0.6 is 24.0 Å². The van der Waals surface area contributed by atoms with E-state index in [0.29, 0.717) is 48.0 Å². The number of fused-ring (bicyclic) bond motifs is 1. The standard InChI is InChI=1S/C21H24F2N4O4.HI/c1-24-21(26-9-14-4-5-25-19(6-14)28-11-13-2-3-13)27-10-15-7-17-18(30-12-29-17)8-16(15)31-20(22)23;/h4-8,13,20H,2-3,9-12H2,1H3,(H2,24,26,27);1H. The third kappa shape index (κ3) is 6.71. The molecule has 2 N–H and O–H groups in total. The highest BCUT2D eigenvalue weighted by molar-refractivity contribution is 14.0. The molecule has 174 valence electrons. The molecule has 0 saturated heterocycles. The largest absolute Gasteiger partial charge is 0.477 e. The molecule has 32 heavy (non-hydrogen) atoms. The molecule has 1 aromatic carbocycles. The number of nitrogens with zero attached hydrogens (tertiary/aromatic N) is 2. The summed E-state index contributed by atoms with van der Waals surface area (Å²) in [5.74, 6) is 2.63. The summed E-state index contributed by atoms with van der Waals surface area (Å²) in [5.41, 5.74) is 1.47. The van der Waals surface area contributed by atoms with Crippen LogP contribution in [0, 0.1) is 5.92 Å². The zero-order chi connectivity index (χ0) is 21.6. The minimum absolute atomic E-state index is 0. The lowest BCUT2D eigenvalue weighted by Gasteiger charge is -2.15. The number of alkyl halides is 2. The summed E-state index contributed by atoms with van der Waals surface area (Å²) in [4.78, 5) is 8.41. The molecule has 1 fully saturated rings. The Kier molecular flexibility index (Phi) is 8.53. The van der Waals surface area contributed by atoms with Crippen LogP contribution in [-0.4, -0.2) is 38.0 Å². The van der Waals surface area contributed by atoms with Crippen LogP contribution in [-0.2, 0) is 13.1 Å². The Hall–Kier alpha value is -2.57. The molecule has 11 heteroatoms. The summed E-state index contributed by atoms with van der Waals surface area (Å²) in [6, 6.07) is 6.79. The van der Waals surface area contributed by atoms with Gasteiger partial charge in [0.15, 0.2) is 17.5 Å². The van der Waals surface area contributed by atoms with E-state index in [9.17, 15) is 8.78 Å². The van der Waals surface area contributed by atoms with Gasteiger partial charge in [0.25, 0.3) is 0 Å². The van der Waals surface area contributed by atoms with Crippen molar-refractivity contribution in [1.82, 2.24) is 15.6 Å². The first kappa shape index (κ1) is 24.1. The van der Waals surface area contributed by atoms with Crippen LogP contribution in [0.3, 0.4) is 0 Å². The quantitative estimate of drug-likeness (QED) is 0.274. The van der Waals surface area contributed by atoms with Crippen LogP contribution in [0.5, 0.6) is 23.1 Å². The molecular formula is C21H25F2IN4O4. The summed E-state index contributed by atoms with van der Waals surface area (Å²) in [6.07, 6.45) is 4.14. The van der Waals surface area contributed by atoms with Crippen molar-refractivity contribution in [3.8, 4) is 23.1 Å². The van der Waals surface area contributed by atoms with E-state index in [2.05, 4.69) is 25.3 Å². The molecule has 0 amide bonds. The van der Waals surface area contributed by atoms with Gasteiger partial charge in [0, 0.05) is 44.0 Å². The van der Waals surface area contributed by atoms with Gasteiger partial charge in [-0.25, -0.2) is 4.98 Å². The number of hydrogen-bond acceptors (Lipinski definition) is 6. The highest BCUT2D eigenvalue weighted by atomic mass is 127. The maximum absolute atomic E-state index is 12.8. The lowest BCUT2D eigenvalue weighted by atomic mass is 10.1. The Balaban J connectivity index is 0.00000289. The first-order chi connectivity index (χ1) is 15.1. The van der Waals surface area contributed by atoms with Crippen molar-refractivity contribution in [2.75, 3.05) is 20.4 Å². The Morgan fingerprint density at radius 2 is 1.94 bits per heavy atom. The first-order valence-electron chi connectivity index (χ1n) is 10.0. The van der Waals surface area contributed by atoms with E-state index in [1.54, 1.807) is 19.3 Å². The number of aliphatic imine (C=N–C) groups is 1. The summed E-state index contributed by atoms with van der Waals surface area (Å²) >= 11 is 0. The van der Waals surface area contributed by atoms with Gasteiger partial charge in [-0.1, -0.05) is 0 Å². The van der Waals surface area contributed by atoms with Gasteiger partial charge in [-0.2, -0.15) is 8.78 Å². The Labute approximate surface area is 201 Å². The van der Waals surface area contributed by atoms with Crippen molar-refractivity contribution < 1.29 is 27.7 Å². The minimum Gasteiger partial charge on any atom is -0.477 e. The monoisotopic (exact) mass is 562 g/mol. The summed E-state index contributed by atoms with van der Waals surface area (Å²) < 4.78 is 46.5. The van der Waals surface area contributed by atoms with E-state index in [0.717, 1.165) is 5.56 Å². The molecule has 0 bridgehead atoms. The number of pyridine rings is 1. The molecule has 1 saturated carbocycles. The highest BCUT2D eigenvalue weighted by Crippen LogP contribution is 2.38. The second-order valence-corrected chi connectivity index (χ2v) is 7.23. The zero-order valence-corrected chi connectivity index (χ0v) is 19.8. The van der Waals surface area contributed by atoms with Gasteiger partial charge in [-0.05, 0) is 36.5 Å². The average Bonchev–Trinajstić information content (AvgIpc) is 3.49. The van der Waals surface area contributed by atoms with Gasteiger partial charge in [0.2, 0.25) is 12.7 Å². The lowest BCUT2D eigenvalue weighted by molar-refractivity contribution is -0.0505. The molecule has 0 unspecified atom stereocenters. The van der Waals surface area contributed by atoms with Gasteiger partial charge >= 0.3 is 6.61 Å². The summed E-state index contributed by atoms with van der Waals surface area (Å²) in [6.45, 7) is -1.51. The Bertz CT molecular complexity index is 944. The summed E-state index contributed by atoms with van der Waals surface area (Å²) in [7, 11) is 1.63. The molecule has 8 nitrogen and oxygen atoms in total. The number of hydrogen-bond donors (Lipinski definition) is 2. The maximum Gasteiger partial charge on any atom is 0.387 e. The number of nitrogens with one attached hydrogen (secondary N) is 2. The van der Waals surface area contributed by atoms with Gasteiger partial charge in [0.1, 0.15) is 5.75 Å². The van der Waals surface area contributed by atoms with Crippen molar-refractivity contribution in [3.63, 3.8) is 0 Å². The molecular weight excluding hydrogens is 537 g/mol. The van der Waals surface area contributed by atoms with E-state index < -0.39 is 6.61 Å². The smallest absolute Gasteiger partial charge is 0.387 e. The Morgan fingerprint density at radius 1 is 1.19 bits per heavy atom. The van der Waals surface area contributed by atoms with Crippen molar-refractivity contribution in [1.29, 1.82) is 0 Å². The molecule has 4 rings (SSSR count). The lowest BCUT2D eigenvalue weighted by Crippen LogP contribution is -2.36. The van der Waals surface area contributed by atoms with Crippen LogP contribution in [0.2, 0.25) is 0 Å². The molecule has 2 aromatic rings. The topological polar surface area (TPSA) is 86.2 Å². The van der Waals surface area contributed by atoms with Crippen LogP contribution in [0.4, 0.5) is 8.78 Å². The average molecular weight is 562 g/mol. The number of rotatable bonds is 9. The molecule has 1 aliphatic carbocycles. The maximum atomic E-state index is 12.8. The number of guanidine groups is 1. The Morgan fingerprint density at radius 3 is 2.66 bits per heavy atom. The first-order valence-corrected chi connectivity index (χ1v) is 10.0. The number of halogens is 3. The normalized spacial score (nSPS) is 14.7. The molecule has 1 aliphatic heterocycles. The van der Waals surface area contributed by atoms with E-state index in [-0.39, 0.29) is 43.1 Å². The van der Waals surface area contributed by atoms with Crippen molar-refractivity contribution >= 4 is 29.9 Å². The van der Waals surface area contributed by atoms with Crippen molar-refractivity contribution in [3.05, 3.63) is 41.6 Å². The van der Waals surface area contributed by atoms with E-state index in [1.165, 1.54) is 18.9 Å². The van der Waals surface area contributed by atoms with Gasteiger partial charge < -0.3 is 29.6 Å². The molecule has 0 spiro atoms. The van der Waals surface area contributed by atoms with E-state index >= 15 is 0 Å². The van der Waals surface area contributed by atoms with Crippen molar-refractivity contribution in [2.45, 2.75) is 32.5 Å². The van der Waals surface area contributed by atoms with Gasteiger partial charge in [-0.3, -0.25) is 4.99 Å². The van der Waals surface area contributed by atoms with E-state index in [4.69, 9.17) is 14.2 Å². The third-order valence-electron chi connectivity index (χ3n) is 4.86. The number of ether oxygens (including phenoxy) is 4. The second kappa shape index (κ2) is 11.3. The molecule has 2 heterocycles.